The van der Waals surface area contributed by atoms with Gasteiger partial charge in [-0.15, -0.1) is 12.4 Å². The van der Waals surface area contributed by atoms with Crippen LogP contribution in [0.5, 0.6) is 5.75 Å². The van der Waals surface area contributed by atoms with Crippen molar-refractivity contribution in [2.75, 3.05) is 19.7 Å². The molecule has 0 radical (unpaired) electrons. The van der Waals surface area contributed by atoms with Gasteiger partial charge in [0.2, 0.25) is 5.91 Å². The Morgan fingerprint density at radius 1 is 1.12 bits per heavy atom. The fraction of sp³-hybridized carbons (Fsp3) is 0.316. The van der Waals surface area contributed by atoms with E-state index in [1.165, 1.54) is 0 Å². The fourth-order valence-electron chi connectivity index (χ4n) is 2.87. The summed E-state index contributed by atoms with van der Waals surface area (Å²) in [7, 11) is 0. The van der Waals surface area contributed by atoms with Gasteiger partial charge in [-0.3, -0.25) is 4.79 Å². The Bertz CT molecular complexity index is 663. The summed E-state index contributed by atoms with van der Waals surface area (Å²) in [6.07, 6.45) is 1.28. The molecule has 1 atom stereocenters. The Morgan fingerprint density at radius 3 is 2.54 bits per heavy atom. The molecule has 1 saturated heterocycles. The van der Waals surface area contributed by atoms with Gasteiger partial charge in [-0.1, -0.05) is 48.5 Å². The van der Waals surface area contributed by atoms with Crippen LogP contribution in [0.15, 0.2) is 54.6 Å². The number of carbonyl (C=O) groups excluding carboxylic acids is 1. The van der Waals surface area contributed by atoms with Gasteiger partial charge in [0, 0.05) is 24.7 Å². The van der Waals surface area contributed by atoms with Crippen LogP contribution in [-0.4, -0.2) is 36.5 Å². The van der Waals surface area contributed by atoms with E-state index in [2.05, 4.69) is 12.1 Å². The van der Waals surface area contributed by atoms with Crippen molar-refractivity contribution in [1.82, 2.24) is 4.90 Å². The molecule has 0 unspecified atom stereocenters. The first-order chi connectivity index (χ1) is 11.2. The SMILES string of the molecule is Cl.N[C@@H]1CCN(C(=O)CCOc2ccccc2-c2ccccc2)C1. The van der Waals surface area contributed by atoms with E-state index in [9.17, 15) is 4.79 Å². The minimum absolute atomic E-state index is 0. The predicted octanol–water partition coefficient (Wildman–Crippen LogP) is 3.10. The number of hydrogen-bond donors (Lipinski definition) is 1. The molecular formula is C19H23ClN2O2. The molecule has 1 aliphatic rings. The monoisotopic (exact) mass is 346 g/mol. The second kappa shape index (κ2) is 8.71. The molecule has 0 bridgehead atoms. The first kappa shape index (κ1) is 18.3. The van der Waals surface area contributed by atoms with Gasteiger partial charge in [0.1, 0.15) is 5.75 Å². The number of rotatable bonds is 5. The van der Waals surface area contributed by atoms with Crippen molar-refractivity contribution in [2.24, 2.45) is 5.73 Å². The Balaban J connectivity index is 0.00000208. The molecule has 1 fully saturated rings. The Morgan fingerprint density at radius 2 is 1.83 bits per heavy atom. The quantitative estimate of drug-likeness (QED) is 0.905. The van der Waals surface area contributed by atoms with E-state index in [1.807, 2.05) is 47.4 Å². The van der Waals surface area contributed by atoms with Crippen molar-refractivity contribution < 1.29 is 9.53 Å². The van der Waals surface area contributed by atoms with Crippen LogP contribution < -0.4 is 10.5 Å². The largest absolute Gasteiger partial charge is 0.492 e. The van der Waals surface area contributed by atoms with Gasteiger partial charge >= 0.3 is 0 Å². The topological polar surface area (TPSA) is 55.6 Å². The Kier molecular flexibility index (Phi) is 6.64. The van der Waals surface area contributed by atoms with Crippen LogP contribution in [0.4, 0.5) is 0 Å². The highest BCUT2D eigenvalue weighted by Gasteiger charge is 2.23. The van der Waals surface area contributed by atoms with Crippen LogP contribution in [0.2, 0.25) is 0 Å². The van der Waals surface area contributed by atoms with Crippen molar-refractivity contribution in [3.63, 3.8) is 0 Å². The number of amides is 1. The maximum Gasteiger partial charge on any atom is 0.226 e. The number of carbonyl (C=O) groups is 1. The maximum atomic E-state index is 12.1. The second-order valence-electron chi connectivity index (χ2n) is 5.85. The summed E-state index contributed by atoms with van der Waals surface area (Å²) in [5.41, 5.74) is 8.00. The molecule has 0 aromatic heterocycles. The van der Waals surface area contributed by atoms with E-state index in [1.54, 1.807) is 0 Å². The fourth-order valence-corrected chi connectivity index (χ4v) is 2.87. The van der Waals surface area contributed by atoms with Crippen LogP contribution in [0, 0.1) is 0 Å². The summed E-state index contributed by atoms with van der Waals surface area (Å²) in [4.78, 5) is 14.0. The molecule has 3 rings (SSSR count). The molecule has 4 nitrogen and oxygen atoms in total. The smallest absolute Gasteiger partial charge is 0.226 e. The molecule has 2 N–H and O–H groups in total. The lowest BCUT2D eigenvalue weighted by Gasteiger charge is -2.16. The van der Waals surface area contributed by atoms with Crippen molar-refractivity contribution in [2.45, 2.75) is 18.9 Å². The number of hydrogen-bond acceptors (Lipinski definition) is 3. The summed E-state index contributed by atoms with van der Waals surface area (Å²) in [6.45, 7) is 1.81. The molecule has 2 aromatic carbocycles. The van der Waals surface area contributed by atoms with Crippen LogP contribution in [-0.2, 0) is 4.79 Å². The van der Waals surface area contributed by atoms with Gasteiger partial charge in [0.15, 0.2) is 0 Å². The normalized spacial score (nSPS) is 16.5. The lowest BCUT2D eigenvalue weighted by molar-refractivity contribution is -0.130. The first-order valence-electron chi connectivity index (χ1n) is 8.04. The molecule has 0 spiro atoms. The van der Waals surface area contributed by atoms with Crippen molar-refractivity contribution >= 4 is 18.3 Å². The first-order valence-corrected chi connectivity index (χ1v) is 8.04. The maximum absolute atomic E-state index is 12.1. The van der Waals surface area contributed by atoms with Crippen molar-refractivity contribution in [3.05, 3.63) is 54.6 Å². The number of ether oxygens (including phenoxy) is 1. The van der Waals surface area contributed by atoms with E-state index < -0.39 is 0 Å². The van der Waals surface area contributed by atoms with Gasteiger partial charge in [-0.25, -0.2) is 0 Å². The van der Waals surface area contributed by atoms with Crippen LogP contribution in [0.3, 0.4) is 0 Å². The summed E-state index contributed by atoms with van der Waals surface area (Å²) in [6, 6.07) is 18.2. The number of nitrogens with two attached hydrogens (primary N) is 1. The molecular weight excluding hydrogens is 324 g/mol. The molecule has 0 aliphatic carbocycles. The zero-order valence-electron chi connectivity index (χ0n) is 13.6. The van der Waals surface area contributed by atoms with Gasteiger partial charge in [0.05, 0.1) is 13.0 Å². The summed E-state index contributed by atoms with van der Waals surface area (Å²) in [5.74, 6) is 0.930. The average Bonchev–Trinajstić information content (AvgIpc) is 3.03. The average molecular weight is 347 g/mol. The van der Waals surface area contributed by atoms with E-state index in [4.69, 9.17) is 10.5 Å². The third-order valence-corrected chi connectivity index (χ3v) is 4.12. The summed E-state index contributed by atoms with van der Waals surface area (Å²) in [5, 5.41) is 0. The minimum Gasteiger partial charge on any atom is -0.492 e. The van der Waals surface area contributed by atoms with Gasteiger partial charge in [0.25, 0.3) is 0 Å². The van der Waals surface area contributed by atoms with Crippen molar-refractivity contribution in [3.8, 4) is 16.9 Å². The minimum atomic E-state index is 0. The van der Waals surface area contributed by atoms with Crippen LogP contribution in [0.25, 0.3) is 11.1 Å². The molecule has 5 heteroatoms. The molecule has 24 heavy (non-hydrogen) atoms. The Labute approximate surface area is 149 Å². The van der Waals surface area contributed by atoms with Crippen LogP contribution in [0.1, 0.15) is 12.8 Å². The molecule has 2 aromatic rings. The summed E-state index contributed by atoms with van der Waals surface area (Å²) >= 11 is 0. The van der Waals surface area contributed by atoms with E-state index >= 15 is 0 Å². The lowest BCUT2D eigenvalue weighted by atomic mass is 10.1. The lowest BCUT2D eigenvalue weighted by Crippen LogP contribution is -2.32. The van der Waals surface area contributed by atoms with Gasteiger partial charge in [-0.05, 0) is 18.1 Å². The number of likely N-dealkylation sites (tertiary alicyclic amines) is 1. The van der Waals surface area contributed by atoms with E-state index in [0.29, 0.717) is 19.6 Å². The molecule has 128 valence electrons. The van der Waals surface area contributed by atoms with Crippen LogP contribution >= 0.6 is 12.4 Å². The standard InChI is InChI=1S/C19H22N2O2.ClH/c20-16-10-12-21(14-16)19(22)11-13-23-18-9-5-4-8-17(18)15-6-2-1-3-7-15;/h1-9,16H,10-14,20H2;1H/t16-;/m1./s1. The number of para-hydroxylation sites is 1. The summed E-state index contributed by atoms with van der Waals surface area (Å²) < 4.78 is 5.87. The third kappa shape index (κ3) is 4.49. The van der Waals surface area contributed by atoms with E-state index in [-0.39, 0.29) is 24.4 Å². The molecule has 0 saturated carbocycles. The highest BCUT2D eigenvalue weighted by atomic mass is 35.5. The predicted molar refractivity (Wildman–Crippen MR) is 98.4 cm³/mol. The van der Waals surface area contributed by atoms with E-state index in [0.717, 1.165) is 29.8 Å². The Hall–Kier alpha value is -2.04. The highest BCUT2D eigenvalue weighted by Crippen LogP contribution is 2.29. The number of halogens is 1. The zero-order chi connectivity index (χ0) is 16.1. The zero-order valence-corrected chi connectivity index (χ0v) is 14.4. The van der Waals surface area contributed by atoms with Crippen molar-refractivity contribution in [1.29, 1.82) is 0 Å². The second-order valence-corrected chi connectivity index (χ2v) is 5.85. The number of benzene rings is 2. The molecule has 1 aliphatic heterocycles. The number of nitrogens with zero attached hydrogens (tertiary/aromatic N) is 1. The third-order valence-electron chi connectivity index (χ3n) is 4.12. The molecule has 1 amide bonds. The molecule has 1 heterocycles. The van der Waals surface area contributed by atoms with Gasteiger partial charge < -0.3 is 15.4 Å². The highest BCUT2D eigenvalue weighted by molar-refractivity contribution is 5.85. The van der Waals surface area contributed by atoms with Gasteiger partial charge in [-0.2, -0.15) is 0 Å².